The van der Waals surface area contributed by atoms with Gasteiger partial charge in [-0.3, -0.25) is 4.79 Å². The molecule has 0 fully saturated rings. The summed E-state index contributed by atoms with van der Waals surface area (Å²) >= 11 is 0. The molecular formula is C8H12NO. The minimum absolute atomic E-state index is 0.0242. The number of carbonyl (C=O) groups excluding carboxylic acids is 1. The third-order valence-corrected chi connectivity index (χ3v) is 1.13. The first-order valence-electron chi connectivity index (χ1n) is 3.08. The van der Waals surface area contributed by atoms with Gasteiger partial charge in [-0.05, 0) is 6.92 Å². The molecular weight excluding hydrogens is 126 g/mol. The van der Waals surface area contributed by atoms with Gasteiger partial charge < -0.3 is 4.90 Å². The molecule has 0 spiro atoms. The molecule has 0 aromatic carbocycles. The highest BCUT2D eigenvalue weighted by Crippen LogP contribution is 1.95. The maximum atomic E-state index is 11.0. The quantitative estimate of drug-likeness (QED) is 0.484. The molecule has 1 atom stereocenters. The average Bonchev–Trinajstić information content (AvgIpc) is 1.87. The number of nitrogens with zero attached hydrogens (tertiary/aromatic N) is 1. The molecule has 0 heterocycles. The maximum Gasteiger partial charge on any atom is 0.236 e. The van der Waals surface area contributed by atoms with Gasteiger partial charge in [-0.25, -0.2) is 0 Å². The van der Waals surface area contributed by atoms with Gasteiger partial charge >= 0.3 is 0 Å². The monoisotopic (exact) mass is 138 g/mol. The van der Waals surface area contributed by atoms with E-state index in [4.69, 9.17) is 0 Å². The molecule has 0 bridgehead atoms. The first-order valence-corrected chi connectivity index (χ1v) is 3.08. The van der Waals surface area contributed by atoms with Crippen LogP contribution in [0.1, 0.15) is 6.92 Å². The van der Waals surface area contributed by atoms with Crippen LogP contribution in [0.3, 0.4) is 0 Å². The Morgan fingerprint density at radius 2 is 2.10 bits per heavy atom. The molecule has 2 nitrogen and oxygen atoms in total. The number of carbonyl (C=O) groups is 1. The van der Waals surface area contributed by atoms with E-state index < -0.39 is 0 Å². The van der Waals surface area contributed by atoms with Crippen LogP contribution in [0.5, 0.6) is 0 Å². The van der Waals surface area contributed by atoms with E-state index >= 15 is 0 Å². The van der Waals surface area contributed by atoms with Crippen LogP contribution in [0.15, 0.2) is 0 Å². The molecule has 0 aliphatic heterocycles. The Bertz CT molecular complexity index is 173. The van der Waals surface area contributed by atoms with Gasteiger partial charge in [-0.15, -0.1) is 5.92 Å². The van der Waals surface area contributed by atoms with Crippen molar-refractivity contribution in [3.05, 3.63) is 6.92 Å². The summed E-state index contributed by atoms with van der Waals surface area (Å²) in [6.45, 7) is 5.10. The molecule has 0 N–H and O–H groups in total. The van der Waals surface area contributed by atoms with Gasteiger partial charge in [0.1, 0.15) is 0 Å². The van der Waals surface area contributed by atoms with Crippen LogP contribution in [0.4, 0.5) is 0 Å². The van der Waals surface area contributed by atoms with Crippen molar-refractivity contribution in [3.8, 4) is 11.8 Å². The van der Waals surface area contributed by atoms with Crippen molar-refractivity contribution < 1.29 is 4.79 Å². The van der Waals surface area contributed by atoms with E-state index in [0.29, 0.717) is 0 Å². The lowest BCUT2D eigenvalue weighted by Crippen LogP contribution is -2.27. The van der Waals surface area contributed by atoms with E-state index in [0.717, 1.165) is 0 Å². The number of amides is 1. The van der Waals surface area contributed by atoms with Crippen LogP contribution in [-0.4, -0.2) is 24.9 Å². The molecule has 0 aliphatic carbocycles. The number of rotatable bonds is 1. The van der Waals surface area contributed by atoms with E-state index in [-0.39, 0.29) is 11.8 Å². The Balaban J connectivity index is 4.04. The van der Waals surface area contributed by atoms with Crippen molar-refractivity contribution in [1.29, 1.82) is 0 Å². The third kappa shape index (κ3) is 2.54. The highest BCUT2D eigenvalue weighted by Gasteiger charge is 2.10. The molecule has 0 saturated carbocycles. The topological polar surface area (TPSA) is 20.3 Å². The van der Waals surface area contributed by atoms with Gasteiger partial charge in [0.25, 0.3) is 0 Å². The number of hydrogen-bond donors (Lipinski definition) is 0. The largest absolute Gasteiger partial charge is 0.348 e. The molecule has 10 heavy (non-hydrogen) atoms. The van der Waals surface area contributed by atoms with Crippen LogP contribution in [-0.2, 0) is 4.79 Å². The first-order chi connectivity index (χ1) is 4.59. The zero-order chi connectivity index (χ0) is 8.15. The smallest absolute Gasteiger partial charge is 0.236 e. The van der Waals surface area contributed by atoms with Crippen molar-refractivity contribution in [2.24, 2.45) is 5.92 Å². The summed E-state index contributed by atoms with van der Waals surface area (Å²) in [5, 5.41) is 0. The summed E-state index contributed by atoms with van der Waals surface area (Å²) in [5.41, 5.74) is 0. The molecule has 1 radical (unpaired) electrons. The predicted molar refractivity (Wildman–Crippen MR) is 41.0 cm³/mol. The fraction of sp³-hybridized carbons (Fsp3) is 0.500. The fourth-order valence-corrected chi connectivity index (χ4v) is 0.602. The number of hydrogen-bond acceptors (Lipinski definition) is 1. The Morgan fingerprint density at radius 1 is 1.60 bits per heavy atom. The third-order valence-electron chi connectivity index (χ3n) is 1.13. The summed E-state index contributed by atoms with van der Waals surface area (Å²) in [5.74, 6) is 4.93. The Labute approximate surface area is 62.2 Å². The summed E-state index contributed by atoms with van der Waals surface area (Å²) in [7, 11) is 3.42. The van der Waals surface area contributed by atoms with Gasteiger partial charge in [-0.1, -0.05) is 5.92 Å². The molecule has 1 unspecified atom stereocenters. The lowest BCUT2D eigenvalue weighted by atomic mass is 10.1. The molecule has 0 rings (SSSR count). The Kier molecular flexibility index (Phi) is 3.56. The molecule has 1 amide bonds. The highest BCUT2D eigenvalue weighted by molar-refractivity contribution is 5.80. The van der Waals surface area contributed by atoms with E-state index in [1.807, 2.05) is 0 Å². The summed E-state index contributed by atoms with van der Waals surface area (Å²) in [6, 6.07) is 0. The molecule has 0 saturated heterocycles. The second-order valence-electron chi connectivity index (χ2n) is 2.28. The first kappa shape index (κ1) is 9.03. The van der Waals surface area contributed by atoms with Gasteiger partial charge in [0.05, 0.1) is 5.92 Å². The molecule has 0 aliphatic rings. The maximum absolute atomic E-state index is 11.0. The predicted octanol–water partition coefficient (Wildman–Crippen LogP) is 0.548. The summed E-state index contributed by atoms with van der Waals surface area (Å²) in [6.07, 6.45) is 0. The fourth-order valence-electron chi connectivity index (χ4n) is 0.602. The van der Waals surface area contributed by atoms with Gasteiger partial charge in [0, 0.05) is 21.0 Å². The molecule has 0 aromatic heterocycles. The lowest BCUT2D eigenvalue weighted by Gasteiger charge is -2.11. The SMILES string of the molecule is [CH2]C#CC(C)C(=O)N(C)C. The van der Waals surface area contributed by atoms with Crippen molar-refractivity contribution >= 4 is 5.91 Å². The minimum Gasteiger partial charge on any atom is -0.348 e. The van der Waals surface area contributed by atoms with Crippen LogP contribution in [0.25, 0.3) is 0 Å². The van der Waals surface area contributed by atoms with Crippen molar-refractivity contribution in [1.82, 2.24) is 4.90 Å². The second-order valence-corrected chi connectivity index (χ2v) is 2.28. The van der Waals surface area contributed by atoms with E-state index in [1.54, 1.807) is 21.0 Å². The van der Waals surface area contributed by atoms with Gasteiger partial charge in [0.2, 0.25) is 5.91 Å². The second kappa shape index (κ2) is 3.94. The van der Waals surface area contributed by atoms with Crippen molar-refractivity contribution in [2.45, 2.75) is 6.92 Å². The Hall–Kier alpha value is -0.970. The summed E-state index contributed by atoms with van der Waals surface area (Å²) in [4.78, 5) is 12.6. The van der Waals surface area contributed by atoms with E-state index in [2.05, 4.69) is 18.8 Å². The molecule has 55 valence electrons. The normalized spacial score (nSPS) is 11.2. The standard InChI is InChI=1S/C8H12NO/c1-5-6-7(2)8(10)9(3)4/h7H,1H2,2-4H3. The molecule has 0 aromatic rings. The van der Waals surface area contributed by atoms with E-state index in [1.165, 1.54) is 4.90 Å². The van der Waals surface area contributed by atoms with Crippen molar-refractivity contribution in [3.63, 3.8) is 0 Å². The van der Waals surface area contributed by atoms with Gasteiger partial charge in [0.15, 0.2) is 0 Å². The van der Waals surface area contributed by atoms with Crippen LogP contribution in [0, 0.1) is 24.7 Å². The lowest BCUT2D eigenvalue weighted by molar-refractivity contribution is -0.130. The zero-order valence-electron chi connectivity index (χ0n) is 6.64. The van der Waals surface area contributed by atoms with Crippen LogP contribution >= 0.6 is 0 Å². The van der Waals surface area contributed by atoms with Gasteiger partial charge in [-0.2, -0.15) is 0 Å². The average molecular weight is 138 g/mol. The van der Waals surface area contributed by atoms with Crippen LogP contribution in [0.2, 0.25) is 0 Å². The summed E-state index contributed by atoms with van der Waals surface area (Å²) < 4.78 is 0. The zero-order valence-corrected chi connectivity index (χ0v) is 6.64. The highest BCUT2D eigenvalue weighted by atomic mass is 16.2. The van der Waals surface area contributed by atoms with Crippen molar-refractivity contribution in [2.75, 3.05) is 14.1 Å². The molecule has 2 heteroatoms. The Morgan fingerprint density at radius 3 is 2.40 bits per heavy atom. The minimum atomic E-state index is -0.229. The van der Waals surface area contributed by atoms with E-state index in [9.17, 15) is 4.79 Å². The van der Waals surface area contributed by atoms with Crippen LogP contribution < -0.4 is 0 Å².